The minimum absolute atomic E-state index is 0.324. The van der Waals surface area contributed by atoms with Gasteiger partial charge in [-0.25, -0.2) is 4.79 Å². The number of nitrogens with zero attached hydrogens (tertiary/aromatic N) is 1. The minimum atomic E-state index is -0.889. The molecule has 0 atom stereocenters. The lowest BCUT2D eigenvalue weighted by molar-refractivity contribution is 0.0697. The normalized spacial score (nSPS) is 10.7. The Hall–Kier alpha value is -2.42. The molecule has 2 aromatic rings. The van der Waals surface area contributed by atoms with Crippen molar-refractivity contribution in [3.05, 3.63) is 77.6 Å². The van der Waals surface area contributed by atoms with E-state index < -0.39 is 5.97 Å². The average molecular weight is 253 g/mol. The molecule has 3 heteroatoms. The van der Waals surface area contributed by atoms with Crippen LogP contribution in [-0.2, 0) is 12.8 Å². The van der Waals surface area contributed by atoms with Crippen molar-refractivity contribution in [1.29, 1.82) is 0 Å². The van der Waals surface area contributed by atoms with E-state index in [4.69, 9.17) is 5.11 Å². The van der Waals surface area contributed by atoms with Gasteiger partial charge in [0.25, 0.3) is 0 Å². The molecule has 0 saturated heterocycles. The van der Waals surface area contributed by atoms with Gasteiger partial charge in [0.05, 0.1) is 5.56 Å². The van der Waals surface area contributed by atoms with Gasteiger partial charge in [0.15, 0.2) is 0 Å². The number of carboxylic acids is 1. The standard InChI is InChI=1S/C16H15NO2/c18-16(19)15-7-5-13(6-8-15)3-1-2-4-14-9-11-17-12-10-14/h1-2,5-12H,3-4H2,(H,18,19). The second kappa shape index (κ2) is 6.50. The topological polar surface area (TPSA) is 50.2 Å². The number of hydrogen-bond donors (Lipinski definition) is 1. The van der Waals surface area contributed by atoms with Gasteiger partial charge in [0.1, 0.15) is 0 Å². The molecule has 1 aromatic heterocycles. The van der Waals surface area contributed by atoms with Gasteiger partial charge < -0.3 is 5.11 Å². The zero-order chi connectivity index (χ0) is 13.5. The molecule has 1 heterocycles. The zero-order valence-corrected chi connectivity index (χ0v) is 10.5. The Balaban J connectivity index is 1.86. The summed E-state index contributed by atoms with van der Waals surface area (Å²) in [5.41, 5.74) is 2.66. The van der Waals surface area contributed by atoms with E-state index in [1.165, 1.54) is 5.56 Å². The van der Waals surface area contributed by atoms with Crippen LogP contribution in [0.5, 0.6) is 0 Å². The first-order chi connectivity index (χ1) is 9.25. The molecule has 0 saturated carbocycles. The number of carboxylic acid groups (broad SMARTS) is 1. The molecule has 0 fully saturated rings. The van der Waals surface area contributed by atoms with Gasteiger partial charge >= 0.3 is 5.97 Å². The summed E-state index contributed by atoms with van der Waals surface area (Å²) in [6.45, 7) is 0. The highest BCUT2D eigenvalue weighted by atomic mass is 16.4. The molecule has 1 N–H and O–H groups in total. The van der Waals surface area contributed by atoms with Crippen LogP contribution in [0.3, 0.4) is 0 Å². The molecular formula is C16H15NO2. The number of aromatic nitrogens is 1. The van der Waals surface area contributed by atoms with Crippen LogP contribution in [0.25, 0.3) is 0 Å². The van der Waals surface area contributed by atoms with Gasteiger partial charge in [-0.05, 0) is 48.2 Å². The Labute approximate surface area is 112 Å². The van der Waals surface area contributed by atoms with Gasteiger partial charge in [0, 0.05) is 12.4 Å². The summed E-state index contributed by atoms with van der Waals surface area (Å²) < 4.78 is 0. The first-order valence-corrected chi connectivity index (χ1v) is 6.12. The summed E-state index contributed by atoms with van der Waals surface area (Å²) in [5.74, 6) is -0.889. The van der Waals surface area contributed by atoms with Crippen molar-refractivity contribution in [2.75, 3.05) is 0 Å². The molecule has 1 aromatic carbocycles. The van der Waals surface area contributed by atoms with Crippen LogP contribution in [0.4, 0.5) is 0 Å². The first kappa shape index (κ1) is 13.0. The average Bonchev–Trinajstić information content (AvgIpc) is 2.45. The highest BCUT2D eigenvalue weighted by molar-refractivity contribution is 5.87. The molecular weight excluding hydrogens is 238 g/mol. The zero-order valence-electron chi connectivity index (χ0n) is 10.5. The lowest BCUT2D eigenvalue weighted by Gasteiger charge is -1.98. The fourth-order valence-electron chi connectivity index (χ4n) is 1.74. The maximum Gasteiger partial charge on any atom is 0.335 e. The number of rotatable bonds is 5. The van der Waals surface area contributed by atoms with Crippen LogP contribution in [-0.4, -0.2) is 16.1 Å². The number of hydrogen-bond acceptors (Lipinski definition) is 2. The molecule has 0 spiro atoms. The summed E-state index contributed by atoms with van der Waals surface area (Å²) in [4.78, 5) is 14.7. The lowest BCUT2D eigenvalue weighted by atomic mass is 10.1. The molecule has 3 nitrogen and oxygen atoms in total. The van der Waals surface area contributed by atoms with Gasteiger partial charge in [0.2, 0.25) is 0 Å². The monoisotopic (exact) mass is 253 g/mol. The third-order valence-corrected chi connectivity index (χ3v) is 2.82. The quantitative estimate of drug-likeness (QED) is 0.833. The number of allylic oxidation sites excluding steroid dienone is 2. The predicted molar refractivity (Wildman–Crippen MR) is 74.2 cm³/mol. The summed E-state index contributed by atoms with van der Waals surface area (Å²) in [5, 5.41) is 8.80. The van der Waals surface area contributed by atoms with E-state index in [9.17, 15) is 4.79 Å². The molecule has 0 amide bonds. The van der Waals surface area contributed by atoms with E-state index in [-0.39, 0.29) is 0 Å². The Bertz CT molecular complexity index is 559. The SMILES string of the molecule is O=C(O)c1ccc(CC=CCc2ccncc2)cc1. The predicted octanol–water partition coefficient (Wildman–Crippen LogP) is 3.12. The van der Waals surface area contributed by atoms with Gasteiger partial charge in [-0.1, -0.05) is 24.3 Å². The van der Waals surface area contributed by atoms with Gasteiger partial charge in [-0.3, -0.25) is 4.98 Å². The third kappa shape index (κ3) is 4.07. The summed E-state index contributed by atoms with van der Waals surface area (Å²) in [6, 6.07) is 10.9. The molecule has 19 heavy (non-hydrogen) atoms. The van der Waals surface area contributed by atoms with E-state index in [1.807, 2.05) is 24.3 Å². The molecule has 2 rings (SSSR count). The number of aromatic carboxylic acids is 1. The fourth-order valence-corrected chi connectivity index (χ4v) is 1.74. The Kier molecular flexibility index (Phi) is 4.45. The third-order valence-electron chi connectivity index (χ3n) is 2.82. The van der Waals surface area contributed by atoms with Crippen LogP contribution < -0.4 is 0 Å². The largest absolute Gasteiger partial charge is 0.478 e. The molecule has 0 bridgehead atoms. The summed E-state index contributed by atoms with van der Waals surface area (Å²) in [6.07, 6.45) is 9.47. The molecule has 0 aliphatic rings. The van der Waals surface area contributed by atoms with E-state index >= 15 is 0 Å². The second-order valence-corrected chi connectivity index (χ2v) is 4.24. The molecule has 0 radical (unpaired) electrons. The number of benzene rings is 1. The van der Waals surface area contributed by atoms with Crippen LogP contribution >= 0.6 is 0 Å². The molecule has 0 unspecified atom stereocenters. The number of carbonyl (C=O) groups is 1. The van der Waals surface area contributed by atoms with E-state index in [0.29, 0.717) is 5.56 Å². The first-order valence-electron chi connectivity index (χ1n) is 6.12. The maximum atomic E-state index is 10.7. The molecule has 0 aliphatic heterocycles. The van der Waals surface area contributed by atoms with Crippen LogP contribution in [0, 0.1) is 0 Å². The van der Waals surface area contributed by atoms with Crippen molar-refractivity contribution in [2.24, 2.45) is 0 Å². The van der Waals surface area contributed by atoms with Crippen molar-refractivity contribution in [1.82, 2.24) is 4.98 Å². The maximum absolute atomic E-state index is 10.7. The molecule has 0 aliphatic carbocycles. The van der Waals surface area contributed by atoms with Gasteiger partial charge in [-0.2, -0.15) is 0 Å². The van der Waals surface area contributed by atoms with Crippen molar-refractivity contribution in [2.45, 2.75) is 12.8 Å². The lowest BCUT2D eigenvalue weighted by Crippen LogP contribution is -1.95. The highest BCUT2D eigenvalue weighted by Gasteiger charge is 2.00. The van der Waals surface area contributed by atoms with Crippen LogP contribution in [0.2, 0.25) is 0 Å². The Morgan fingerprint density at radius 2 is 1.47 bits per heavy atom. The van der Waals surface area contributed by atoms with Crippen molar-refractivity contribution in [3.63, 3.8) is 0 Å². The van der Waals surface area contributed by atoms with E-state index in [2.05, 4.69) is 17.1 Å². The van der Waals surface area contributed by atoms with Crippen molar-refractivity contribution < 1.29 is 9.90 Å². The van der Waals surface area contributed by atoms with Crippen molar-refractivity contribution in [3.8, 4) is 0 Å². The van der Waals surface area contributed by atoms with E-state index in [1.54, 1.807) is 24.5 Å². The fraction of sp³-hybridized carbons (Fsp3) is 0.125. The van der Waals surface area contributed by atoms with Crippen LogP contribution in [0.15, 0.2) is 60.9 Å². The van der Waals surface area contributed by atoms with Crippen molar-refractivity contribution >= 4 is 5.97 Å². The highest BCUT2D eigenvalue weighted by Crippen LogP contribution is 2.06. The van der Waals surface area contributed by atoms with Crippen LogP contribution in [0.1, 0.15) is 21.5 Å². The summed E-state index contributed by atoms with van der Waals surface area (Å²) >= 11 is 0. The minimum Gasteiger partial charge on any atom is -0.478 e. The second-order valence-electron chi connectivity index (χ2n) is 4.24. The summed E-state index contributed by atoms with van der Waals surface area (Å²) in [7, 11) is 0. The number of pyridine rings is 1. The Morgan fingerprint density at radius 3 is 2.00 bits per heavy atom. The molecule has 96 valence electrons. The smallest absolute Gasteiger partial charge is 0.335 e. The van der Waals surface area contributed by atoms with Gasteiger partial charge in [-0.15, -0.1) is 0 Å². The van der Waals surface area contributed by atoms with E-state index in [0.717, 1.165) is 18.4 Å². The Morgan fingerprint density at radius 1 is 0.947 bits per heavy atom.